The number of carbonyl (C=O) groups excluding carboxylic acids is 1. The lowest BCUT2D eigenvalue weighted by Gasteiger charge is -2.30. The number of fused-ring (bicyclic) bond motifs is 4. The highest BCUT2D eigenvalue weighted by atomic mass is 16.5. The molecule has 0 heterocycles. The van der Waals surface area contributed by atoms with E-state index in [9.17, 15) is 9.90 Å². The van der Waals surface area contributed by atoms with Crippen LogP contribution in [-0.2, 0) is 11.2 Å². The molecule has 2 aliphatic rings. The first-order chi connectivity index (χ1) is 14.2. The normalized spacial score (nSPS) is 19.8. The Morgan fingerprint density at radius 1 is 0.897 bits per heavy atom. The number of ether oxygens (including phenoxy) is 1. The van der Waals surface area contributed by atoms with Gasteiger partial charge in [0, 0.05) is 5.92 Å². The maximum absolute atomic E-state index is 12.6. The van der Waals surface area contributed by atoms with E-state index in [1.165, 1.54) is 27.8 Å². The van der Waals surface area contributed by atoms with Crippen LogP contribution in [0.1, 0.15) is 40.6 Å². The summed E-state index contributed by atoms with van der Waals surface area (Å²) in [5.41, 5.74) is 6.91. The van der Waals surface area contributed by atoms with Crippen molar-refractivity contribution < 1.29 is 14.6 Å². The minimum Gasteiger partial charge on any atom is -0.449 e. The summed E-state index contributed by atoms with van der Waals surface area (Å²) in [4.78, 5) is 12.6. The first kappa shape index (κ1) is 18.0. The molecule has 146 valence electrons. The Kier molecular flexibility index (Phi) is 4.57. The van der Waals surface area contributed by atoms with Gasteiger partial charge in [0.15, 0.2) is 0 Å². The lowest BCUT2D eigenvalue weighted by Crippen LogP contribution is -2.39. The fourth-order valence-electron chi connectivity index (χ4n) is 4.68. The number of hydrogen-bond donors (Lipinski definition) is 2. The second kappa shape index (κ2) is 7.37. The third kappa shape index (κ3) is 3.19. The highest BCUT2D eigenvalue weighted by molar-refractivity contribution is 5.79. The summed E-state index contributed by atoms with van der Waals surface area (Å²) in [5.74, 6) is 0.0247. The van der Waals surface area contributed by atoms with Crippen LogP contribution in [0, 0.1) is 0 Å². The Labute approximate surface area is 170 Å². The molecule has 2 atom stereocenters. The van der Waals surface area contributed by atoms with Gasteiger partial charge in [0.1, 0.15) is 6.61 Å². The molecule has 4 heteroatoms. The van der Waals surface area contributed by atoms with Crippen molar-refractivity contribution in [1.29, 1.82) is 0 Å². The van der Waals surface area contributed by atoms with Crippen molar-refractivity contribution in [3.8, 4) is 11.1 Å². The van der Waals surface area contributed by atoms with Gasteiger partial charge in [-0.15, -0.1) is 0 Å². The van der Waals surface area contributed by atoms with E-state index in [4.69, 9.17) is 4.74 Å². The number of aliphatic hydroxyl groups is 1. The highest BCUT2D eigenvalue weighted by Crippen LogP contribution is 2.44. The Morgan fingerprint density at radius 3 is 2.17 bits per heavy atom. The van der Waals surface area contributed by atoms with Crippen molar-refractivity contribution in [2.45, 2.75) is 30.9 Å². The van der Waals surface area contributed by atoms with Crippen molar-refractivity contribution in [3.63, 3.8) is 0 Å². The average molecular weight is 385 g/mol. The largest absolute Gasteiger partial charge is 0.449 e. The van der Waals surface area contributed by atoms with Gasteiger partial charge in [0.25, 0.3) is 0 Å². The number of alkyl carbamates (subject to hydrolysis) is 1. The van der Waals surface area contributed by atoms with Crippen LogP contribution in [0.15, 0.2) is 72.8 Å². The summed E-state index contributed by atoms with van der Waals surface area (Å²) < 4.78 is 5.64. The first-order valence-corrected chi connectivity index (χ1v) is 10.1. The molecule has 0 fully saturated rings. The van der Waals surface area contributed by atoms with E-state index >= 15 is 0 Å². The van der Waals surface area contributed by atoms with Gasteiger partial charge in [0.05, 0.1) is 12.1 Å². The standard InChI is InChI=1S/C25H23NO3/c27-23-14-13-16-7-1-2-8-17(16)24(23)26-25(28)29-15-22-20-11-5-3-9-18(20)19-10-4-6-12-21(19)22/h1-12,22-24,27H,13-15H2,(H,26,28)/t23-,24-/m1/s1. The number of amides is 1. The molecule has 3 aromatic carbocycles. The number of benzene rings is 3. The van der Waals surface area contributed by atoms with Gasteiger partial charge in [-0.05, 0) is 46.2 Å². The number of nitrogens with one attached hydrogen (secondary N) is 1. The van der Waals surface area contributed by atoms with Crippen LogP contribution in [-0.4, -0.2) is 23.9 Å². The third-order valence-corrected chi connectivity index (χ3v) is 6.10. The van der Waals surface area contributed by atoms with Gasteiger partial charge in [-0.1, -0.05) is 72.8 Å². The number of aliphatic hydroxyl groups excluding tert-OH is 1. The second-order valence-corrected chi connectivity index (χ2v) is 7.75. The summed E-state index contributed by atoms with van der Waals surface area (Å²) in [5, 5.41) is 13.3. The Morgan fingerprint density at radius 2 is 1.48 bits per heavy atom. The van der Waals surface area contributed by atoms with E-state index < -0.39 is 18.2 Å². The molecule has 4 nitrogen and oxygen atoms in total. The SMILES string of the molecule is O=C(N[C@@H]1c2ccccc2CC[C@H]1O)OCC1c2ccccc2-c2ccccc21. The smallest absolute Gasteiger partial charge is 0.407 e. The molecule has 0 saturated carbocycles. The maximum atomic E-state index is 12.6. The highest BCUT2D eigenvalue weighted by Gasteiger charge is 2.31. The number of aryl methyl sites for hydroxylation is 1. The Bertz CT molecular complexity index is 1020. The van der Waals surface area contributed by atoms with E-state index in [1.807, 2.05) is 48.5 Å². The fraction of sp³-hybridized carbons (Fsp3) is 0.240. The van der Waals surface area contributed by atoms with Crippen LogP contribution in [0.2, 0.25) is 0 Å². The molecule has 0 unspecified atom stereocenters. The molecule has 0 aliphatic heterocycles. The summed E-state index contributed by atoms with van der Waals surface area (Å²) in [6.07, 6.45) is 0.351. The van der Waals surface area contributed by atoms with Gasteiger partial charge in [-0.2, -0.15) is 0 Å². The molecule has 0 spiro atoms. The summed E-state index contributed by atoms with van der Waals surface area (Å²) in [6, 6.07) is 24.0. The predicted octanol–water partition coefficient (Wildman–Crippen LogP) is 4.57. The Hall–Kier alpha value is -3.11. The predicted molar refractivity (Wildman–Crippen MR) is 112 cm³/mol. The molecular weight excluding hydrogens is 362 g/mol. The molecule has 0 bridgehead atoms. The van der Waals surface area contributed by atoms with Crippen molar-refractivity contribution in [1.82, 2.24) is 5.32 Å². The van der Waals surface area contributed by atoms with Crippen LogP contribution in [0.25, 0.3) is 11.1 Å². The van der Waals surface area contributed by atoms with E-state index in [0.29, 0.717) is 6.42 Å². The molecule has 29 heavy (non-hydrogen) atoms. The summed E-state index contributed by atoms with van der Waals surface area (Å²) in [7, 11) is 0. The van der Waals surface area contributed by atoms with Crippen LogP contribution in [0.3, 0.4) is 0 Å². The van der Waals surface area contributed by atoms with Gasteiger partial charge in [-0.25, -0.2) is 4.79 Å². The molecule has 2 aliphatic carbocycles. The van der Waals surface area contributed by atoms with E-state index in [-0.39, 0.29) is 12.5 Å². The number of carbonyl (C=O) groups is 1. The number of rotatable bonds is 3. The van der Waals surface area contributed by atoms with Gasteiger partial charge >= 0.3 is 6.09 Å². The average Bonchev–Trinajstić information content (AvgIpc) is 3.08. The van der Waals surface area contributed by atoms with Crippen LogP contribution < -0.4 is 5.32 Å². The van der Waals surface area contributed by atoms with Gasteiger partial charge in [0.2, 0.25) is 0 Å². The molecule has 3 aromatic rings. The molecule has 1 amide bonds. The van der Waals surface area contributed by atoms with Crippen LogP contribution in [0.5, 0.6) is 0 Å². The number of hydrogen-bond acceptors (Lipinski definition) is 3. The van der Waals surface area contributed by atoms with Crippen molar-refractivity contribution in [2.24, 2.45) is 0 Å². The Balaban J connectivity index is 1.32. The lowest BCUT2D eigenvalue weighted by molar-refractivity contribution is 0.0931. The van der Waals surface area contributed by atoms with Gasteiger partial charge < -0.3 is 15.2 Å². The zero-order valence-electron chi connectivity index (χ0n) is 16.0. The lowest BCUT2D eigenvalue weighted by atomic mass is 9.86. The van der Waals surface area contributed by atoms with Crippen LogP contribution in [0.4, 0.5) is 4.79 Å². The second-order valence-electron chi connectivity index (χ2n) is 7.75. The minimum absolute atomic E-state index is 0.0247. The molecule has 0 radical (unpaired) electrons. The fourth-order valence-corrected chi connectivity index (χ4v) is 4.68. The van der Waals surface area contributed by atoms with Crippen molar-refractivity contribution in [3.05, 3.63) is 95.1 Å². The minimum atomic E-state index is -0.606. The maximum Gasteiger partial charge on any atom is 0.407 e. The zero-order valence-corrected chi connectivity index (χ0v) is 16.0. The van der Waals surface area contributed by atoms with Crippen LogP contribution >= 0.6 is 0 Å². The molecular formula is C25H23NO3. The zero-order chi connectivity index (χ0) is 19.8. The summed E-state index contributed by atoms with van der Waals surface area (Å²) >= 11 is 0. The van der Waals surface area contributed by atoms with Gasteiger partial charge in [-0.3, -0.25) is 0 Å². The molecule has 0 saturated heterocycles. The van der Waals surface area contributed by atoms with E-state index in [2.05, 4.69) is 29.6 Å². The monoisotopic (exact) mass is 385 g/mol. The van der Waals surface area contributed by atoms with Crippen molar-refractivity contribution in [2.75, 3.05) is 6.61 Å². The molecule has 5 rings (SSSR count). The summed E-state index contributed by atoms with van der Waals surface area (Å²) in [6.45, 7) is 0.268. The topological polar surface area (TPSA) is 58.6 Å². The molecule has 2 N–H and O–H groups in total. The third-order valence-electron chi connectivity index (χ3n) is 6.10. The van der Waals surface area contributed by atoms with Crippen molar-refractivity contribution >= 4 is 6.09 Å². The quantitative estimate of drug-likeness (QED) is 0.694. The van der Waals surface area contributed by atoms with E-state index in [0.717, 1.165) is 12.0 Å². The van der Waals surface area contributed by atoms with E-state index in [1.54, 1.807) is 0 Å². The first-order valence-electron chi connectivity index (χ1n) is 10.1. The molecule has 0 aromatic heterocycles.